The lowest BCUT2D eigenvalue weighted by molar-refractivity contribution is -0.119. The summed E-state index contributed by atoms with van der Waals surface area (Å²) in [7, 11) is -2.32. The topological polar surface area (TPSA) is 92.8 Å². The zero-order chi connectivity index (χ0) is 23.1. The van der Waals surface area contributed by atoms with E-state index in [0.29, 0.717) is 11.4 Å². The van der Waals surface area contributed by atoms with Gasteiger partial charge in [0.05, 0.1) is 16.1 Å². The fourth-order valence-corrected chi connectivity index (χ4v) is 4.24. The molecule has 0 radical (unpaired) electrons. The summed E-state index contributed by atoms with van der Waals surface area (Å²) in [6, 6.07) is 21.4. The molecule has 0 aliphatic carbocycles. The van der Waals surface area contributed by atoms with Crippen LogP contribution in [0, 0.1) is 0 Å². The maximum atomic E-state index is 12.8. The number of para-hydroxylation sites is 2. The molecule has 0 aliphatic heterocycles. The molecule has 3 rings (SSSR count). The largest absolute Gasteiger partial charge is 0.452 e. The van der Waals surface area contributed by atoms with Gasteiger partial charge in [0.25, 0.3) is 15.9 Å². The first-order valence-corrected chi connectivity index (χ1v) is 11.5. The molecule has 1 amide bonds. The molecule has 0 unspecified atom stereocenters. The third-order valence-corrected chi connectivity index (χ3v) is 6.67. The van der Waals surface area contributed by atoms with E-state index in [-0.39, 0.29) is 10.5 Å². The molecule has 3 aromatic rings. The molecule has 7 nitrogen and oxygen atoms in total. The molecule has 166 valence electrons. The van der Waals surface area contributed by atoms with Gasteiger partial charge in [-0.2, -0.15) is 0 Å². The van der Waals surface area contributed by atoms with Gasteiger partial charge in [0.15, 0.2) is 6.61 Å². The van der Waals surface area contributed by atoms with E-state index >= 15 is 0 Å². The van der Waals surface area contributed by atoms with Crippen molar-refractivity contribution in [2.24, 2.45) is 0 Å². The lowest BCUT2D eigenvalue weighted by Gasteiger charge is -2.19. The summed E-state index contributed by atoms with van der Waals surface area (Å²) >= 11 is 0. The highest BCUT2D eigenvalue weighted by molar-refractivity contribution is 7.92. The normalized spacial score (nSPS) is 10.9. The molecule has 8 heteroatoms. The molecule has 0 aromatic heterocycles. The Hall–Kier alpha value is -3.65. The molecule has 1 N–H and O–H groups in total. The summed E-state index contributed by atoms with van der Waals surface area (Å²) < 4.78 is 31.9. The molecule has 0 saturated carbocycles. The van der Waals surface area contributed by atoms with Crippen LogP contribution < -0.4 is 9.62 Å². The third kappa shape index (κ3) is 5.33. The van der Waals surface area contributed by atoms with Gasteiger partial charge in [0, 0.05) is 12.7 Å². The first-order chi connectivity index (χ1) is 15.3. The van der Waals surface area contributed by atoms with Crippen molar-refractivity contribution in [1.29, 1.82) is 0 Å². The van der Waals surface area contributed by atoms with Crippen molar-refractivity contribution < 1.29 is 22.7 Å². The SMILES string of the molecule is CCc1ccccc1NC(=O)COC(=O)c1ccc(S(=O)(=O)N(C)c2ccccc2)cc1. The van der Waals surface area contributed by atoms with Crippen LogP contribution in [0.15, 0.2) is 83.8 Å². The highest BCUT2D eigenvalue weighted by Crippen LogP contribution is 2.22. The first kappa shape index (κ1) is 23.0. The minimum Gasteiger partial charge on any atom is -0.452 e. The molecule has 32 heavy (non-hydrogen) atoms. The number of hydrogen-bond acceptors (Lipinski definition) is 5. The molecule has 0 aliphatic rings. The molecule has 0 fully saturated rings. The smallest absolute Gasteiger partial charge is 0.338 e. The Kier molecular flexibility index (Phi) is 7.27. The van der Waals surface area contributed by atoms with E-state index in [0.717, 1.165) is 12.0 Å². The Labute approximate surface area is 187 Å². The molecule has 0 atom stereocenters. The van der Waals surface area contributed by atoms with E-state index < -0.39 is 28.5 Å². The van der Waals surface area contributed by atoms with Gasteiger partial charge in [0.2, 0.25) is 0 Å². The average Bonchev–Trinajstić information content (AvgIpc) is 2.83. The molecular formula is C24H24N2O5S. The van der Waals surface area contributed by atoms with Crippen LogP contribution in [-0.4, -0.2) is 33.9 Å². The van der Waals surface area contributed by atoms with E-state index in [2.05, 4.69) is 5.32 Å². The van der Waals surface area contributed by atoms with Gasteiger partial charge in [-0.3, -0.25) is 9.10 Å². The Balaban J connectivity index is 1.62. The number of esters is 1. The zero-order valence-corrected chi connectivity index (χ0v) is 18.6. The van der Waals surface area contributed by atoms with Crippen LogP contribution in [0.2, 0.25) is 0 Å². The van der Waals surface area contributed by atoms with Crippen molar-refractivity contribution in [1.82, 2.24) is 0 Å². The van der Waals surface area contributed by atoms with Crippen molar-refractivity contribution in [2.45, 2.75) is 18.2 Å². The number of carbonyl (C=O) groups excluding carboxylic acids is 2. The summed E-state index contributed by atoms with van der Waals surface area (Å²) in [4.78, 5) is 24.5. The first-order valence-electron chi connectivity index (χ1n) is 10.0. The summed E-state index contributed by atoms with van der Waals surface area (Å²) in [5.41, 5.74) is 2.32. The predicted octanol–water partition coefficient (Wildman–Crippen LogP) is 3.87. The van der Waals surface area contributed by atoms with Crippen LogP contribution in [-0.2, 0) is 26.0 Å². The summed E-state index contributed by atoms with van der Waals surface area (Å²) in [5.74, 6) is -1.17. The van der Waals surface area contributed by atoms with Crippen molar-refractivity contribution in [3.8, 4) is 0 Å². The summed E-state index contributed by atoms with van der Waals surface area (Å²) in [5, 5.41) is 2.72. The van der Waals surface area contributed by atoms with Gasteiger partial charge in [-0.1, -0.05) is 43.3 Å². The summed E-state index contributed by atoms with van der Waals surface area (Å²) in [6.07, 6.45) is 0.755. The Morgan fingerprint density at radius 2 is 1.53 bits per heavy atom. The molecule has 0 heterocycles. The second-order valence-electron chi connectivity index (χ2n) is 6.97. The monoisotopic (exact) mass is 452 g/mol. The number of ether oxygens (including phenoxy) is 1. The summed E-state index contributed by atoms with van der Waals surface area (Å²) in [6.45, 7) is 1.53. The van der Waals surface area contributed by atoms with E-state index in [4.69, 9.17) is 4.74 Å². The Morgan fingerprint density at radius 3 is 2.19 bits per heavy atom. The van der Waals surface area contributed by atoms with E-state index in [1.54, 1.807) is 36.4 Å². The molecule has 0 bridgehead atoms. The lowest BCUT2D eigenvalue weighted by Crippen LogP contribution is -2.26. The van der Waals surface area contributed by atoms with Gasteiger partial charge < -0.3 is 10.1 Å². The van der Waals surface area contributed by atoms with E-state index in [1.807, 2.05) is 25.1 Å². The van der Waals surface area contributed by atoms with Gasteiger partial charge in [-0.15, -0.1) is 0 Å². The van der Waals surface area contributed by atoms with Crippen LogP contribution in [0.1, 0.15) is 22.8 Å². The minimum absolute atomic E-state index is 0.0364. The zero-order valence-electron chi connectivity index (χ0n) is 17.8. The Bertz CT molecular complexity index is 1190. The van der Waals surface area contributed by atoms with Crippen LogP contribution in [0.25, 0.3) is 0 Å². The van der Waals surface area contributed by atoms with Crippen molar-refractivity contribution >= 4 is 33.3 Å². The second kappa shape index (κ2) is 10.1. The second-order valence-corrected chi connectivity index (χ2v) is 8.94. The van der Waals surface area contributed by atoms with Crippen molar-refractivity contribution in [3.63, 3.8) is 0 Å². The quantitative estimate of drug-likeness (QED) is 0.524. The standard InChI is InChI=1S/C24H24N2O5S/c1-3-18-9-7-8-12-22(18)25-23(27)17-31-24(28)19-13-15-21(16-14-19)32(29,30)26(2)20-10-5-4-6-11-20/h4-16H,3,17H2,1-2H3,(H,25,27). The molecule has 0 spiro atoms. The van der Waals surface area contributed by atoms with Gasteiger partial charge in [-0.25, -0.2) is 13.2 Å². The van der Waals surface area contributed by atoms with Gasteiger partial charge >= 0.3 is 5.97 Å². The van der Waals surface area contributed by atoms with Crippen LogP contribution in [0.5, 0.6) is 0 Å². The minimum atomic E-state index is -3.78. The predicted molar refractivity (Wildman–Crippen MR) is 123 cm³/mol. The number of amides is 1. The number of anilines is 2. The highest BCUT2D eigenvalue weighted by atomic mass is 32.2. The number of nitrogens with one attached hydrogen (secondary N) is 1. The number of rotatable bonds is 8. The molecule has 0 saturated heterocycles. The highest BCUT2D eigenvalue weighted by Gasteiger charge is 2.22. The number of carbonyl (C=O) groups is 2. The maximum Gasteiger partial charge on any atom is 0.338 e. The van der Waals surface area contributed by atoms with Gasteiger partial charge in [-0.05, 0) is 54.4 Å². The number of sulfonamides is 1. The fraction of sp³-hybridized carbons (Fsp3) is 0.167. The van der Waals surface area contributed by atoms with Crippen LogP contribution in [0.4, 0.5) is 11.4 Å². The maximum absolute atomic E-state index is 12.8. The average molecular weight is 453 g/mol. The van der Waals surface area contributed by atoms with E-state index in [9.17, 15) is 18.0 Å². The molecule has 3 aromatic carbocycles. The number of benzene rings is 3. The van der Waals surface area contributed by atoms with Crippen molar-refractivity contribution in [2.75, 3.05) is 23.3 Å². The van der Waals surface area contributed by atoms with Crippen LogP contribution in [0.3, 0.4) is 0 Å². The van der Waals surface area contributed by atoms with Gasteiger partial charge in [0.1, 0.15) is 0 Å². The fourth-order valence-electron chi connectivity index (χ4n) is 3.05. The van der Waals surface area contributed by atoms with Crippen LogP contribution >= 0.6 is 0 Å². The third-order valence-electron chi connectivity index (χ3n) is 4.87. The van der Waals surface area contributed by atoms with Crippen molar-refractivity contribution in [3.05, 3.63) is 90.0 Å². The Morgan fingerprint density at radius 1 is 0.906 bits per heavy atom. The number of aryl methyl sites for hydroxylation is 1. The number of nitrogens with zero attached hydrogens (tertiary/aromatic N) is 1. The lowest BCUT2D eigenvalue weighted by atomic mass is 10.1. The number of hydrogen-bond donors (Lipinski definition) is 1. The van der Waals surface area contributed by atoms with E-state index in [1.165, 1.54) is 35.6 Å². The molecular weight excluding hydrogens is 428 g/mol.